The van der Waals surface area contributed by atoms with E-state index in [-0.39, 0.29) is 58.6 Å². The Morgan fingerprint density at radius 1 is 0.287 bits per heavy atom. The summed E-state index contributed by atoms with van der Waals surface area (Å²) in [5.41, 5.74) is 47.5. The molecule has 16 aliphatic heterocycles. The normalized spacial score (nSPS) is 19.0. The molecule has 0 radical (unpaired) electrons. The number of rotatable bonds is 4. The molecule has 648 valence electrons. The van der Waals surface area contributed by atoms with Gasteiger partial charge in [0.2, 0.25) is 13.4 Å². The summed E-state index contributed by atoms with van der Waals surface area (Å²) in [4.78, 5) is 0. The zero-order valence-electron chi connectivity index (χ0n) is 77.6. The molecular formula is C110H86B12F4I2N6P2-4. The molecular weight excluding hydrogens is 1930 g/mol. The first-order chi connectivity index (χ1) is 65.2. The number of nitrogens with zero attached hydrogens (tertiary/aromatic N) is 6. The molecule has 0 amide bonds. The van der Waals surface area contributed by atoms with Crippen molar-refractivity contribution in [2.45, 2.75) is 90.9 Å². The van der Waals surface area contributed by atoms with Gasteiger partial charge >= 0.3 is 458 Å². The third-order valence-electron chi connectivity index (χ3n) is 38.9. The zero-order valence-corrected chi connectivity index (χ0v) is 83.7. The maximum Gasteiger partial charge on any atom is 0.247 e. The van der Waals surface area contributed by atoms with Gasteiger partial charge < -0.3 is 18.5 Å². The maximum atomic E-state index is 14.1. The zero-order chi connectivity index (χ0) is 89.4. The summed E-state index contributed by atoms with van der Waals surface area (Å²) in [7, 11) is 0.215. The fourth-order valence-electron chi connectivity index (χ4n) is 33.0. The third kappa shape index (κ3) is 9.11. The van der Waals surface area contributed by atoms with Gasteiger partial charge in [0.25, 0.3) is 0 Å². The minimum atomic E-state index is -2.32. The van der Waals surface area contributed by atoms with Crippen molar-refractivity contribution in [3.63, 3.8) is 0 Å². The van der Waals surface area contributed by atoms with Crippen LogP contribution in [0.1, 0.15) is 111 Å². The summed E-state index contributed by atoms with van der Waals surface area (Å²) in [6.07, 6.45) is 0.239. The van der Waals surface area contributed by atoms with Crippen LogP contribution in [0.5, 0.6) is 0 Å². The van der Waals surface area contributed by atoms with Gasteiger partial charge in [0.1, 0.15) is 0 Å². The monoisotopic (exact) mass is 2010 g/mol. The van der Waals surface area contributed by atoms with Gasteiger partial charge in [-0.25, -0.2) is 0 Å². The Kier molecular flexibility index (Phi) is 16.2. The maximum absolute atomic E-state index is 14.1. The van der Waals surface area contributed by atoms with Crippen LogP contribution in [0.4, 0.5) is 5.72 Å². The Hall–Kier alpha value is -10.9. The van der Waals surface area contributed by atoms with Crippen LogP contribution < -0.4 is 85.6 Å². The van der Waals surface area contributed by atoms with Crippen molar-refractivity contribution in [2.24, 2.45) is 5.83 Å². The van der Waals surface area contributed by atoms with Gasteiger partial charge in [-0.2, -0.15) is 0 Å². The molecule has 8 saturated heterocycles. The number of hydrogen-bond acceptors (Lipinski definition) is 2. The largest absolute Gasteiger partial charge is 1.00 e. The fourth-order valence-corrected chi connectivity index (χ4v) is 61.7. The van der Waals surface area contributed by atoms with Crippen molar-refractivity contribution in [1.82, 2.24) is 18.3 Å². The quantitative estimate of drug-likeness (QED) is 0.0730. The first kappa shape index (κ1) is 82.2. The van der Waals surface area contributed by atoms with E-state index in [9.17, 15) is 5.72 Å². The molecule has 0 saturated carbocycles. The van der Waals surface area contributed by atoms with E-state index in [0.717, 1.165) is 37.3 Å². The van der Waals surface area contributed by atoms with Gasteiger partial charge in [-0.3, -0.25) is 0 Å². The molecule has 4 bridgehead atoms. The van der Waals surface area contributed by atoms with Crippen LogP contribution >= 0.6 is 56.0 Å². The van der Waals surface area contributed by atoms with Crippen molar-refractivity contribution in [2.75, 3.05) is 0 Å². The molecule has 16 aromatic carbocycles. The van der Waals surface area contributed by atoms with Crippen molar-refractivity contribution in [3.8, 4) is 22.7 Å². The van der Waals surface area contributed by atoms with Crippen LogP contribution in [0.3, 0.4) is 0 Å². The third-order valence-corrected chi connectivity index (χ3v) is 61.5. The Bertz CT molecular complexity index is 9100. The van der Waals surface area contributed by atoms with E-state index in [1.165, 1.54) is 242 Å². The van der Waals surface area contributed by atoms with E-state index in [0.29, 0.717) is 13.4 Å². The number of hydrogen-bond donors (Lipinski definition) is 0. The molecule has 26 heteroatoms. The minimum absolute atomic E-state index is 0. The molecule has 0 atom stereocenters. The van der Waals surface area contributed by atoms with Crippen molar-refractivity contribution in [3.05, 3.63) is 371 Å². The Morgan fingerprint density at radius 3 is 1.10 bits per heavy atom. The molecule has 8 fully saturated rings. The summed E-state index contributed by atoms with van der Waals surface area (Å²) in [5, 5.41) is 13.8. The number of benzene rings is 16. The van der Waals surface area contributed by atoms with Crippen LogP contribution in [-0.2, 0) is 21.7 Å². The molecule has 20 heterocycles. The SMILES string of the molecule is CC1(C)c2ccccc2B2c3c(cccc31)-n1c3ccccc3c3c(P45(N=IF)B6[BH2-]B4B65)ccc2c31.CC1(C)c2ccccc2B2c3c(cccc31)-n1c3ccccc3c3cc(P45(N=IF)B6[BH2-]B4B65)cc2c31.Cc1ccc2c3cccc4c3n(c2c1)-c1cccc2c1B4c1ccccc1C2(C)C.Cc1cccc2c3cccc4c3n(c12)-c1cccc2c1B4c1ccccc1C2(C)C.[F-].[F-]. The number of aromatic nitrogens is 4. The van der Waals surface area contributed by atoms with Crippen LogP contribution in [0.2, 0.25) is 0 Å². The second-order valence-electron chi connectivity index (χ2n) is 44.7. The number of fused-ring (bicyclic) bond motifs is 28. The summed E-state index contributed by atoms with van der Waals surface area (Å²) < 4.78 is 48.6. The molecule has 16 aliphatic rings. The van der Waals surface area contributed by atoms with Crippen LogP contribution in [0, 0.1) is 13.8 Å². The van der Waals surface area contributed by atoms with Crippen molar-refractivity contribution < 1.29 is 15.1 Å². The van der Waals surface area contributed by atoms with Gasteiger partial charge in [0.05, 0.1) is 11.0 Å². The predicted molar refractivity (Wildman–Crippen MR) is 605 cm³/mol. The van der Waals surface area contributed by atoms with Crippen LogP contribution in [0.25, 0.3) is 110 Å². The smallest absolute Gasteiger partial charge is 0.247 e. The molecule has 0 N–H and O–H groups in total. The van der Waals surface area contributed by atoms with Crippen LogP contribution in [-0.4, -0.2) is 96.5 Å². The Morgan fingerprint density at radius 2 is 0.625 bits per heavy atom. The van der Waals surface area contributed by atoms with E-state index >= 15 is 0 Å². The Labute approximate surface area is 814 Å². The van der Waals surface area contributed by atoms with Gasteiger partial charge in [-0.15, -0.1) is 0 Å². The molecule has 6 nitrogen and oxygen atoms in total. The molecule has 20 aromatic rings. The number of halogens is 6. The number of para-hydroxylation sites is 5. The molecule has 4 aromatic heterocycles. The second kappa shape index (κ2) is 26.8. The topological polar surface area (TPSA) is 44.4 Å². The average Bonchev–Trinajstić information content (AvgIpc) is 1.36. The van der Waals surface area contributed by atoms with Crippen molar-refractivity contribution >= 4 is 298 Å². The van der Waals surface area contributed by atoms with Crippen LogP contribution in [0.15, 0.2) is 321 Å². The number of aryl methyl sites for hydroxylation is 2. The summed E-state index contributed by atoms with van der Waals surface area (Å²) in [5.74, 6) is 0. The molecule has 0 aliphatic carbocycles. The van der Waals surface area contributed by atoms with Gasteiger partial charge in [0.15, 0.2) is 0 Å². The molecule has 136 heavy (non-hydrogen) atoms. The van der Waals surface area contributed by atoms with Gasteiger partial charge in [-0.05, 0) is 87.3 Å². The van der Waals surface area contributed by atoms with E-state index in [4.69, 9.17) is 5.83 Å². The predicted octanol–water partition coefficient (Wildman–Crippen LogP) is 10.6. The molecule has 0 spiro atoms. The summed E-state index contributed by atoms with van der Waals surface area (Å²) in [6, 6.07) is 119. The standard InChI is InChI=1S/2C28H22BN.2C27H21B5FIN2P.2FH/c1-17-9-6-10-18-19-11-7-15-23-27(19)30(26(17)18)24-16-8-13-21-25(24)29(23)22-14-5-4-12-20(22)28(21,2)3;1-17-14-15-18-19-8-6-12-23-27(19)30(25(18)16-17)24-13-7-10-21-26(24)29(23)22-11-5-4-9-20(22)28(21,2)3;1-27(2)19-9-4-5-11-21(19)29-22-15-16(37(35-34-33)30-28-31(37)32(30)37)14-18-17-8-3-6-12-23(17)36(26(18)22)24-13-7-10-20(27)25(24)29;1-27(2)17-9-4-5-11-19(17)29-20-14-15-23(37(35-34-33)30-28-31(37)32(30)37)24-16-8-3-6-12-21(16)36(26(20)24)22-13-7-10-18(27)25(22)29;;/h2*4-16H,1-3H3;2*3-15H,28H2,1-2H3;2*1H/q;;2*-1;;/p-2. The van der Waals surface area contributed by atoms with Gasteiger partial charge in [0, 0.05) is 54.8 Å². The van der Waals surface area contributed by atoms with E-state index in [1.807, 2.05) is 0 Å². The van der Waals surface area contributed by atoms with Gasteiger partial charge in [-0.1, -0.05) is 178 Å². The first-order valence-corrected chi connectivity index (χ1v) is 57.4. The van der Waals surface area contributed by atoms with E-state index in [1.54, 1.807) is 0 Å². The molecule has 0 unspecified atom stereocenters. The Balaban J connectivity index is 0.0000000879. The fraction of sp³-hybridized carbons (Fsp3) is 0.127. The molecule has 36 rings (SSSR count). The summed E-state index contributed by atoms with van der Waals surface area (Å²) in [6.45, 7) is 24.5. The average molecular weight is 2010 g/mol. The second-order valence-corrected chi connectivity index (χ2v) is 58.9. The van der Waals surface area contributed by atoms with E-state index < -0.39 is 56.0 Å². The van der Waals surface area contributed by atoms with E-state index in [2.05, 4.69) is 403 Å². The first-order valence-electron chi connectivity index (χ1n) is 49.0. The van der Waals surface area contributed by atoms with Crippen molar-refractivity contribution in [1.29, 1.82) is 0 Å². The summed E-state index contributed by atoms with van der Waals surface area (Å²) >= 11 is -3.08. The minimum Gasteiger partial charge on any atom is -1.00 e.